The van der Waals surface area contributed by atoms with E-state index >= 15 is 0 Å². The summed E-state index contributed by atoms with van der Waals surface area (Å²) >= 11 is 0. The maximum Gasteiger partial charge on any atom is 0.258 e. The Morgan fingerprint density at radius 1 is 1.43 bits per heavy atom. The van der Waals surface area contributed by atoms with Crippen molar-refractivity contribution in [2.24, 2.45) is 5.41 Å². The third-order valence-electron chi connectivity index (χ3n) is 4.29. The largest absolute Gasteiger partial charge is 0.349 e. The van der Waals surface area contributed by atoms with Crippen LogP contribution in [0.2, 0.25) is 0 Å². The van der Waals surface area contributed by atoms with Crippen molar-refractivity contribution in [1.29, 1.82) is 0 Å². The summed E-state index contributed by atoms with van der Waals surface area (Å²) in [7, 11) is 0. The smallest absolute Gasteiger partial charge is 0.258 e. The molecule has 3 rings (SSSR count). The molecule has 1 unspecified atom stereocenters. The first-order valence-electron chi connectivity index (χ1n) is 7.40. The Morgan fingerprint density at radius 3 is 2.86 bits per heavy atom. The fourth-order valence-electron chi connectivity index (χ4n) is 3.22. The van der Waals surface area contributed by atoms with Crippen molar-refractivity contribution in [2.75, 3.05) is 0 Å². The number of hydrogen-bond donors (Lipinski definition) is 1. The molecular formula is C16H21N3O2. The van der Waals surface area contributed by atoms with E-state index in [2.05, 4.69) is 29.3 Å². The highest BCUT2D eigenvalue weighted by Crippen LogP contribution is 2.37. The van der Waals surface area contributed by atoms with E-state index in [9.17, 15) is 4.79 Å². The van der Waals surface area contributed by atoms with Gasteiger partial charge in [-0.3, -0.25) is 4.79 Å². The molecule has 2 aromatic heterocycles. The Labute approximate surface area is 124 Å². The van der Waals surface area contributed by atoms with Crippen molar-refractivity contribution in [1.82, 2.24) is 15.5 Å². The van der Waals surface area contributed by atoms with Crippen molar-refractivity contribution in [2.45, 2.75) is 53.0 Å². The van der Waals surface area contributed by atoms with E-state index in [1.165, 1.54) is 0 Å². The van der Waals surface area contributed by atoms with Crippen molar-refractivity contribution in [3.05, 3.63) is 23.0 Å². The van der Waals surface area contributed by atoms with Gasteiger partial charge in [0.15, 0.2) is 0 Å². The second-order valence-corrected chi connectivity index (χ2v) is 6.84. The molecule has 1 fully saturated rings. The third-order valence-corrected chi connectivity index (χ3v) is 4.29. The number of aryl methyl sites for hydroxylation is 2. The van der Waals surface area contributed by atoms with E-state index in [0.717, 1.165) is 30.3 Å². The molecule has 0 radical (unpaired) electrons. The van der Waals surface area contributed by atoms with Gasteiger partial charge in [0.25, 0.3) is 11.6 Å². The fourth-order valence-corrected chi connectivity index (χ4v) is 3.22. The first-order valence-corrected chi connectivity index (χ1v) is 7.40. The van der Waals surface area contributed by atoms with Crippen molar-refractivity contribution < 1.29 is 9.32 Å². The number of nitrogens with one attached hydrogen (secondary N) is 1. The first-order chi connectivity index (χ1) is 9.85. The molecule has 1 atom stereocenters. The molecule has 1 aliphatic carbocycles. The van der Waals surface area contributed by atoms with Crippen LogP contribution in [-0.4, -0.2) is 22.1 Å². The predicted octanol–water partition coefficient (Wildman–Crippen LogP) is 3.15. The minimum absolute atomic E-state index is 0.0560. The lowest BCUT2D eigenvalue weighted by Crippen LogP contribution is -2.33. The van der Waals surface area contributed by atoms with Crippen LogP contribution in [0.1, 0.15) is 54.9 Å². The maximum atomic E-state index is 12.6. The van der Waals surface area contributed by atoms with E-state index in [4.69, 9.17) is 4.52 Å². The second kappa shape index (κ2) is 4.83. The van der Waals surface area contributed by atoms with Gasteiger partial charge in [-0.1, -0.05) is 19.0 Å². The summed E-state index contributed by atoms with van der Waals surface area (Å²) in [4.78, 5) is 16.9. The zero-order valence-corrected chi connectivity index (χ0v) is 13.0. The number of carbonyl (C=O) groups is 1. The summed E-state index contributed by atoms with van der Waals surface area (Å²) in [6.45, 7) is 8.18. The molecule has 2 heterocycles. The molecule has 1 amide bonds. The second-order valence-electron chi connectivity index (χ2n) is 6.84. The van der Waals surface area contributed by atoms with Crippen LogP contribution in [0.15, 0.2) is 10.6 Å². The molecule has 0 aliphatic heterocycles. The minimum Gasteiger partial charge on any atom is -0.349 e. The summed E-state index contributed by atoms with van der Waals surface area (Å²) in [5.74, 6) is -0.0560. The summed E-state index contributed by atoms with van der Waals surface area (Å²) in [5, 5.41) is 7.79. The van der Waals surface area contributed by atoms with Gasteiger partial charge in [0, 0.05) is 11.7 Å². The van der Waals surface area contributed by atoms with Crippen LogP contribution in [0.3, 0.4) is 0 Å². The van der Waals surface area contributed by atoms with Gasteiger partial charge in [-0.05, 0) is 44.6 Å². The molecule has 1 N–H and O–H groups in total. The highest BCUT2D eigenvalue weighted by atomic mass is 16.5. The zero-order valence-electron chi connectivity index (χ0n) is 13.0. The Morgan fingerprint density at radius 2 is 2.19 bits per heavy atom. The highest BCUT2D eigenvalue weighted by molar-refractivity contribution is 6.06. The lowest BCUT2D eigenvalue weighted by Gasteiger charge is -2.18. The lowest BCUT2D eigenvalue weighted by atomic mass is 9.92. The van der Waals surface area contributed by atoms with Gasteiger partial charge in [-0.15, -0.1) is 0 Å². The van der Waals surface area contributed by atoms with Gasteiger partial charge < -0.3 is 9.84 Å². The number of aromatic nitrogens is 2. The lowest BCUT2D eigenvalue weighted by molar-refractivity contribution is 0.0937. The molecule has 0 saturated heterocycles. The van der Waals surface area contributed by atoms with Crippen LogP contribution in [0, 0.1) is 19.3 Å². The quantitative estimate of drug-likeness (QED) is 0.921. The molecule has 5 heteroatoms. The van der Waals surface area contributed by atoms with Crippen LogP contribution in [0.4, 0.5) is 0 Å². The third kappa shape index (κ3) is 2.64. The van der Waals surface area contributed by atoms with Gasteiger partial charge in [0.2, 0.25) is 0 Å². The molecule has 0 aromatic carbocycles. The molecular weight excluding hydrogens is 266 g/mol. The van der Waals surface area contributed by atoms with Crippen LogP contribution >= 0.6 is 0 Å². The molecule has 21 heavy (non-hydrogen) atoms. The van der Waals surface area contributed by atoms with Crippen molar-refractivity contribution in [3.8, 4) is 0 Å². The molecule has 0 spiro atoms. The van der Waals surface area contributed by atoms with Crippen molar-refractivity contribution >= 4 is 17.0 Å². The van der Waals surface area contributed by atoms with E-state index in [1.807, 2.05) is 19.9 Å². The average Bonchev–Trinajstić information content (AvgIpc) is 2.92. The Kier molecular flexibility index (Phi) is 3.23. The zero-order chi connectivity index (χ0) is 15.2. The van der Waals surface area contributed by atoms with E-state index in [0.29, 0.717) is 22.4 Å². The molecule has 112 valence electrons. The van der Waals surface area contributed by atoms with Gasteiger partial charge >= 0.3 is 0 Å². The molecule has 5 nitrogen and oxygen atoms in total. The number of nitrogens with zero attached hydrogens (tertiary/aromatic N) is 2. The minimum atomic E-state index is -0.0560. The van der Waals surface area contributed by atoms with Crippen LogP contribution in [0.5, 0.6) is 0 Å². The molecule has 0 bridgehead atoms. The number of fused-ring (bicyclic) bond motifs is 1. The topological polar surface area (TPSA) is 68.0 Å². The van der Waals surface area contributed by atoms with Crippen LogP contribution in [0.25, 0.3) is 11.1 Å². The fraction of sp³-hybridized carbons (Fsp3) is 0.562. The van der Waals surface area contributed by atoms with E-state index < -0.39 is 0 Å². The maximum absolute atomic E-state index is 12.6. The number of amides is 1. The number of pyridine rings is 1. The summed E-state index contributed by atoms with van der Waals surface area (Å²) < 4.78 is 5.18. The SMILES string of the molecule is Cc1cc(C(=O)NC2CCC(C)(C)C2)c2c(C)noc2n1. The number of carbonyl (C=O) groups excluding carboxylic acids is 1. The first kappa shape index (κ1) is 14.0. The Bertz CT molecular complexity index is 703. The summed E-state index contributed by atoms with van der Waals surface area (Å²) in [6.07, 6.45) is 3.21. The van der Waals surface area contributed by atoms with E-state index in [-0.39, 0.29) is 11.9 Å². The van der Waals surface area contributed by atoms with Crippen molar-refractivity contribution in [3.63, 3.8) is 0 Å². The Balaban J connectivity index is 1.90. The van der Waals surface area contributed by atoms with Crippen LogP contribution < -0.4 is 5.32 Å². The standard InChI is InChI=1S/C16H21N3O2/c1-9-7-12(13-10(2)19-21-15(13)17-9)14(20)18-11-5-6-16(3,4)8-11/h7,11H,5-6,8H2,1-4H3,(H,18,20). The van der Waals surface area contributed by atoms with Gasteiger partial charge in [0.05, 0.1) is 16.6 Å². The van der Waals surface area contributed by atoms with Gasteiger partial charge in [0.1, 0.15) is 0 Å². The summed E-state index contributed by atoms with van der Waals surface area (Å²) in [6, 6.07) is 2.05. The van der Waals surface area contributed by atoms with Crippen LogP contribution in [-0.2, 0) is 0 Å². The van der Waals surface area contributed by atoms with E-state index in [1.54, 1.807) is 0 Å². The molecule has 2 aromatic rings. The highest BCUT2D eigenvalue weighted by Gasteiger charge is 2.32. The number of hydrogen-bond acceptors (Lipinski definition) is 4. The Hall–Kier alpha value is -1.91. The molecule has 1 aliphatic rings. The number of rotatable bonds is 2. The van der Waals surface area contributed by atoms with Gasteiger partial charge in [-0.2, -0.15) is 0 Å². The summed E-state index contributed by atoms with van der Waals surface area (Å²) in [5.41, 5.74) is 2.82. The normalized spacial score (nSPS) is 20.9. The molecule has 1 saturated carbocycles. The predicted molar refractivity (Wildman–Crippen MR) is 80.2 cm³/mol. The monoisotopic (exact) mass is 287 g/mol. The average molecular weight is 287 g/mol. The van der Waals surface area contributed by atoms with Gasteiger partial charge in [-0.25, -0.2) is 4.98 Å².